The van der Waals surface area contributed by atoms with Gasteiger partial charge in [0.25, 0.3) is 5.92 Å². The second-order valence-corrected chi connectivity index (χ2v) is 8.16. The largest absolute Gasteiger partial charge is 0.342 e. The molecule has 1 aromatic carbocycles. The monoisotopic (exact) mass is 362 g/mol. The van der Waals surface area contributed by atoms with E-state index in [9.17, 15) is 18.4 Å². The number of likely N-dealkylation sites (tertiary alicyclic amines) is 1. The van der Waals surface area contributed by atoms with Crippen LogP contribution < -0.4 is 4.90 Å². The summed E-state index contributed by atoms with van der Waals surface area (Å²) in [5.41, 5.74) is 2.23. The van der Waals surface area contributed by atoms with Crippen LogP contribution in [0.2, 0.25) is 0 Å². The average Bonchev–Trinajstić information content (AvgIpc) is 2.92. The van der Waals surface area contributed by atoms with Crippen LogP contribution in [0, 0.1) is 25.2 Å². The van der Waals surface area contributed by atoms with Gasteiger partial charge in [-0.25, -0.2) is 8.78 Å². The fraction of sp³-hybridized carbons (Fsp3) is 0.600. The molecule has 0 N–H and O–H groups in total. The van der Waals surface area contributed by atoms with Gasteiger partial charge in [0, 0.05) is 43.6 Å². The highest BCUT2D eigenvalue weighted by molar-refractivity contribution is 6.00. The predicted molar refractivity (Wildman–Crippen MR) is 94.2 cm³/mol. The summed E-state index contributed by atoms with van der Waals surface area (Å²) in [4.78, 5) is 28.6. The summed E-state index contributed by atoms with van der Waals surface area (Å²) in [6.45, 7) is 5.15. The van der Waals surface area contributed by atoms with E-state index in [-0.39, 0.29) is 30.6 Å². The van der Waals surface area contributed by atoms with Gasteiger partial charge in [0.05, 0.1) is 5.92 Å². The van der Waals surface area contributed by atoms with Crippen LogP contribution >= 0.6 is 0 Å². The van der Waals surface area contributed by atoms with Gasteiger partial charge in [-0.05, 0) is 49.9 Å². The fourth-order valence-corrected chi connectivity index (χ4v) is 4.35. The molecule has 3 aliphatic rings. The van der Waals surface area contributed by atoms with E-state index in [1.54, 1.807) is 9.80 Å². The lowest BCUT2D eigenvalue weighted by Gasteiger charge is -2.33. The molecule has 4 rings (SSSR count). The third-order valence-electron chi connectivity index (χ3n) is 6.52. The lowest BCUT2D eigenvalue weighted by Crippen LogP contribution is -2.44. The van der Waals surface area contributed by atoms with Crippen molar-refractivity contribution < 1.29 is 18.4 Å². The molecule has 3 fully saturated rings. The number of carbonyl (C=O) groups is 2. The molecule has 1 atom stereocenters. The smallest absolute Gasteiger partial charge is 0.254 e. The molecule has 0 aromatic heterocycles. The van der Waals surface area contributed by atoms with Gasteiger partial charge in [0.15, 0.2) is 0 Å². The van der Waals surface area contributed by atoms with Crippen molar-refractivity contribution in [2.45, 2.75) is 45.5 Å². The van der Waals surface area contributed by atoms with Gasteiger partial charge in [0.2, 0.25) is 11.8 Å². The zero-order chi connectivity index (χ0) is 18.7. The van der Waals surface area contributed by atoms with Crippen LogP contribution in [0.25, 0.3) is 0 Å². The molecule has 0 bridgehead atoms. The molecular formula is C20H24F2N2O2. The summed E-state index contributed by atoms with van der Waals surface area (Å²) < 4.78 is 27.0. The molecule has 1 saturated carbocycles. The van der Waals surface area contributed by atoms with Gasteiger partial charge >= 0.3 is 0 Å². The van der Waals surface area contributed by atoms with E-state index in [1.807, 2.05) is 32.0 Å². The fourth-order valence-electron chi connectivity index (χ4n) is 4.35. The quantitative estimate of drug-likeness (QED) is 0.810. The molecule has 1 spiro atoms. The van der Waals surface area contributed by atoms with Gasteiger partial charge in [0.1, 0.15) is 0 Å². The topological polar surface area (TPSA) is 40.6 Å². The SMILES string of the molecule is Cc1ccc(N2CC(C(=O)N3CCC4(CC3)CC4(F)F)CC2=O)cc1C. The zero-order valence-electron chi connectivity index (χ0n) is 15.2. The van der Waals surface area contributed by atoms with Gasteiger partial charge < -0.3 is 9.80 Å². The van der Waals surface area contributed by atoms with E-state index in [0.717, 1.165) is 16.8 Å². The molecule has 2 amide bonds. The number of hydrogen-bond donors (Lipinski definition) is 0. The summed E-state index contributed by atoms with van der Waals surface area (Å²) >= 11 is 0. The first-order chi connectivity index (χ1) is 12.2. The Morgan fingerprint density at radius 3 is 2.38 bits per heavy atom. The highest BCUT2D eigenvalue weighted by Crippen LogP contribution is 2.65. The summed E-state index contributed by atoms with van der Waals surface area (Å²) in [7, 11) is 0. The zero-order valence-corrected chi connectivity index (χ0v) is 15.2. The lowest BCUT2D eigenvalue weighted by molar-refractivity contribution is -0.138. The Labute approximate surface area is 152 Å². The number of benzene rings is 1. The molecular weight excluding hydrogens is 338 g/mol. The van der Waals surface area contributed by atoms with E-state index >= 15 is 0 Å². The van der Waals surface area contributed by atoms with Crippen LogP contribution in [0.15, 0.2) is 18.2 Å². The average molecular weight is 362 g/mol. The highest BCUT2D eigenvalue weighted by atomic mass is 19.3. The minimum atomic E-state index is -2.55. The molecule has 4 nitrogen and oxygen atoms in total. The number of aryl methyl sites for hydroxylation is 2. The Morgan fingerprint density at radius 2 is 1.81 bits per heavy atom. The van der Waals surface area contributed by atoms with Crippen molar-refractivity contribution in [3.05, 3.63) is 29.3 Å². The molecule has 1 unspecified atom stereocenters. The molecule has 2 saturated heterocycles. The van der Waals surface area contributed by atoms with Crippen LogP contribution in [-0.4, -0.2) is 42.3 Å². The van der Waals surface area contributed by atoms with E-state index in [1.165, 1.54) is 0 Å². The lowest BCUT2D eigenvalue weighted by atomic mass is 9.92. The van der Waals surface area contributed by atoms with E-state index in [4.69, 9.17) is 0 Å². The number of alkyl halides is 2. The standard InChI is InChI=1S/C20H24F2N2O2/c1-13-3-4-16(9-14(13)2)24-11-15(10-17(24)25)18(26)23-7-5-19(6-8-23)12-20(19,21)22/h3-4,9,15H,5-8,10-12H2,1-2H3. The van der Waals surface area contributed by atoms with Crippen LogP contribution in [0.1, 0.15) is 36.8 Å². The van der Waals surface area contributed by atoms with Crippen molar-refractivity contribution in [2.75, 3.05) is 24.5 Å². The molecule has 0 radical (unpaired) electrons. The Kier molecular flexibility index (Phi) is 3.86. The van der Waals surface area contributed by atoms with E-state index < -0.39 is 11.3 Å². The van der Waals surface area contributed by atoms with E-state index in [2.05, 4.69) is 0 Å². The number of hydrogen-bond acceptors (Lipinski definition) is 2. The molecule has 2 heterocycles. The Morgan fingerprint density at radius 1 is 1.15 bits per heavy atom. The number of nitrogens with zero attached hydrogens (tertiary/aromatic N) is 2. The molecule has 6 heteroatoms. The number of halogens is 2. The van der Waals surface area contributed by atoms with Crippen LogP contribution in [0.5, 0.6) is 0 Å². The van der Waals surface area contributed by atoms with Gasteiger partial charge in [-0.3, -0.25) is 9.59 Å². The third-order valence-corrected chi connectivity index (χ3v) is 6.52. The van der Waals surface area contributed by atoms with Gasteiger partial charge in [-0.15, -0.1) is 0 Å². The van der Waals surface area contributed by atoms with Crippen molar-refractivity contribution in [1.29, 1.82) is 0 Å². The summed E-state index contributed by atoms with van der Waals surface area (Å²) in [5.74, 6) is -3.04. The normalized spacial score (nSPS) is 26.5. The second-order valence-electron chi connectivity index (χ2n) is 8.16. The minimum Gasteiger partial charge on any atom is -0.342 e. The Balaban J connectivity index is 1.41. The predicted octanol–water partition coefficient (Wildman–Crippen LogP) is 3.30. The van der Waals surface area contributed by atoms with Crippen molar-refractivity contribution in [2.24, 2.45) is 11.3 Å². The van der Waals surface area contributed by atoms with Crippen molar-refractivity contribution in [1.82, 2.24) is 4.90 Å². The maximum Gasteiger partial charge on any atom is 0.254 e. The van der Waals surface area contributed by atoms with Crippen LogP contribution in [0.4, 0.5) is 14.5 Å². The van der Waals surface area contributed by atoms with Crippen LogP contribution in [-0.2, 0) is 9.59 Å². The number of carbonyl (C=O) groups excluding carboxylic acids is 2. The van der Waals surface area contributed by atoms with E-state index in [0.29, 0.717) is 32.5 Å². The minimum absolute atomic E-state index is 0.0372. The molecule has 2 aliphatic heterocycles. The highest BCUT2D eigenvalue weighted by Gasteiger charge is 2.70. The van der Waals surface area contributed by atoms with Crippen molar-refractivity contribution in [3.8, 4) is 0 Å². The number of amides is 2. The summed E-state index contributed by atoms with van der Waals surface area (Å²) in [6.07, 6.45) is 0.897. The first-order valence-electron chi connectivity index (χ1n) is 9.27. The molecule has 26 heavy (non-hydrogen) atoms. The maximum atomic E-state index is 13.5. The number of anilines is 1. The first-order valence-corrected chi connectivity index (χ1v) is 9.27. The Hall–Kier alpha value is -1.98. The summed E-state index contributed by atoms with van der Waals surface area (Å²) in [6, 6.07) is 5.86. The molecule has 1 aliphatic carbocycles. The van der Waals surface area contributed by atoms with Gasteiger partial charge in [-0.1, -0.05) is 6.07 Å². The maximum absolute atomic E-state index is 13.5. The number of piperidine rings is 1. The molecule has 140 valence electrons. The Bertz CT molecular complexity index is 769. The van der Waals surface area contributed by atoms with Gasteiger partial charge in [-0.2, -0.15) is 0 Å². The van der Waals surface area contributed by atoms with Crippen LogP contribution in [0.3, 0.4) is 0 Å². The number of rotatable bonds is 2. The summed E-state index contributed by atoms with van der Waals surface area (Å²) in [5, 5.41) is 0. The van der Waals surface area contributed by atoms with Crippen molar-refractivity contribution >= 4 is 17.5 Å². The van der Waals surface area contributed by atoms with Crippen molar-refractivity contribution in [3.63, 3.8) is 0 Å². The third kappa shape index (κ3) is 2.70. The second kappa shape index (κ2) is 5.76. The first kappa shape index (κ1) is 17.4. The molecule has 1 aromatic rings.